The third kappa shape index (κ3) is 5.88. The Bertz CT molecular complexity index is 373. The zero-order valence-electron chi connectivity index (χ0n) is 12.3. The minimum Gasteiger partial charge on any atom is -0.325 e. The number of unbranched alkanes of at least 4 members (excludes halogenated alkanes) is 3. The maximum atomic E-state index is 11.7. The van der Waals surface area contributed by atoms with E-state index in [1.54, 1.807) is 7.05 Å². The molecule has 19 heavy (non-hydrogen) atoms. The van der Waals surface area contributed by atoms with Crippen LogP contribution in [0.5, 0.6) is 0 Å². The van der Waals surface area contributed by atoms with Crippen molar-refractivity contribution in [2.75, 3.05) is 12.4 Å². The van der Waals surface area contributed by atoms with Gasteiger partial charge in [-0.1, -0.05) is 38.3 Å². The van der Waals surface area contributed by atoms with Crippen LogP contribution in [0.1, 0.15) is 45.1 Å². The fourth-order valence-corrected chi connectivity index (χ4v) is 1.89. The number of hydrogen-bond acceptors (Lipinski definition) is 2. The van der Waals surface area contributed by atoms with Crippen molar-refractivity contribution in [3.63, 3.8) is 0 Å². The van der Waals surface area contributed by atoms with Crippen LogP contribution in [-0.4, -0.2) is 19.0 Å². The van der Waals surface area contributed by atoms with Crippen LogP contribution in [0.15, 0.2) is 24.3 Å². The number of amides is 1. The fourth-order valence-electron chi connectivity index (χ4n) is 1.89. The molecule has 0 unspecified atom stereocenters. The molecule has 106 valence electrons. The van der Waals surface area contributed by atoms with E-state index >= 15 is 0 Å². The zero-order valence-corrected chi connectivity index (χ0v) is 12.3. The number of hydrogen-bond donors (Lipinski definition) is 2. The van der Waals surface area contributed by atoms with Crippen molar-refractivity contribution in [1.82, 2.24) is 5.32 Å². The number of likely N-dealkylation sites (N-methyl/N-ethyl adjacent to an activating group) is 1. The van der Waals surface area contributed by atoms with E-state index in [0.717, 1.165) is 12.1 Å². The predicted molar refractivity (Wildman–Crippen MR) is 81.4 cm³/mol. The molecule has 0 aliphatic heterocycles. The summed E-state index contributed by atoms with van der Waals surface area (Å²) in [5.41, 5.74) is 2.21. The van der Waals surface area contributed by atoms with Gasteiger partial charge >= 0.3 is 0 Å². The summed E-state index contributed by atoms with van der Waals surface area (Å²) in [6.45, 7) is 4.07. The van der Waals surface area contributed by atoms with E-state index in [2.05, 4.69) is 29.7 Å². The van der Waals surface area contributed by atoms with Crippen molar-refractivity contribution in [3.05, 3.63) is 29.8 Å². The molecule has 0 saturated heterocycles. The summed E-state index contributed by atoms with van der Waals surface area (Å²) in [5, 5.41) is 5.82. The summed E-state index contributed by atoms with van der Waals surface area (Å²) in [7, 11) is 1.78. The van der Waals surface area contributed by atoms with E-state index < -0.39 is 0 Å². The number of carbonyl (C=O) groups is 1. The lowest BCUT2D eigenvalue weighted by Crippen LogP contribution is -2.35. The molecule has 0 heterocycles. The third-order valence-corrected chi connectivity index (χ3v) is 3.37. The molecule has 2 N–H and O–H groups in total. The van der Waals surface area contributed by atoms with Crippen LogP contribution in [-0.2, 0) is 11.2 Å². The Morgan fingerprint density at radius 3 is 2.42 bits per heavy atom. The number of rotatable bonds is 8. The molecule has 0 aliphatic rings. The Hall–Kier alpha value is -1.35. The number of benzene rings is 1. The average Bonchev–Trinajstić information content (AvgIpc) is 2.44. The van der Waals surface area contributed by atoms with E-state index in [1.807, 2.05) is 19.1 Å². The quantitative estimate of drug-likeness (QED) is 0.705. The van der Waals surface area contributed by atoms with Gasteiger partial charge < -0.3 is 10.6 Å². The van der Waals surface area contributed by atoms with Gasteiger partial charge in [0.25, 0.3) is 0 Å². The molecule has 1 rings (SSSR count). The van der Waals surface area contributed by atoms with Gasteiger partial charge in [0.15, 0.2) is 0 Å². The smallest absolute Gasteiger partial charge is 0.241 e. The van der Waals surface area contributed by atoms with Crippen LogP contribution in [0, 0.1) is 0 Å². The second kappa shape index (κ2) is 8.70. The van der Waals surface area contributed by atoms with Crippen LogP contribution in [0.4, 0.5) is 5.69 Å². The lowest BCUT2D eigenvalue weighted by molar-refractivity contribution is -0.117. The number of carbonyl (C=O) groups excluding carboxylic acids is 1. The number of nitrogens with one attached hydrogen (secondary N) is 2. The van der Waals surface area contributed by atoms with Gasteiger partial charge in [-0.15, -0.1) is 0 Å². The summed E-state index contributed by atoms with van der Waals surface area (Å²) in [5.74, 6) is -0.00167. The highest BCUT2D eigenvalue weighted by Crippen LogP contribution is 2.13. The summed E-state index contributed by atoms with van der Waals surface area (Å²) in [6.07, 6.45) is 6.26. The molecular weight excluding hydrogens is 236 g/mol. The highest BCUT2D eigenvalue weighted by Gasteiger charge is 2.09. The van der Waals surface area contributed by atoms with Crippen molar-refractivity contribution in [3.8, 4) is 0 Å². The van der Waals surface area contributed by atoms with E-state index in [4.69, 9.17) is 0 Å². The molecule has 1 aromatic rings. The van der Waals surface area contributed by atoms with Crippen molar-refractivity contribution in [2.24, 2.45) is 0 Å². The summed E-state index contributed by atoms with van der Waals surface area (Å²) < 4.78 is 0. The molecule has 0 bridgehead atoms. The van der Waals surface area contributed by atoms with Crippen LogP contribution in [0.25, 0.3) is 0 Å². The second-order valence-corrected chi connectivity index (χ2v) is 5.01. The highest BCUT2D eigenvalue weighted by molar-refractivity contribution is 5.94. The molecule has 3 heteroatoms. The maximum Gasteiger partial charge on any atom is 0.241 e. The van der Waals surface area contributed by atoms with E-state index in [0.29, 0.717) is 0 Å². The standard InChI is InChI=1S/C16H26N2O/c1-4-5-6-7-8-14-9-11-15(12-10-14)18-16(19)13(2)17-3/h9-13,17H,4-8H2,1-3H3,(H,18,19)/t13-/m0/s1. The molecule has 0 spiro atoms. The Morgan fingerprint density at radius 1 is 1.16 bits per heavy atom. The van der Waals surface area contributed by atoms with Crippen molar-refractivity contribution in [2.45, 2.75) is 52.0 Å². The van der Waals surface area contributed by atoms with Gasteiger partial charge in [0.1, 0.15) is 0 Å². The molecule has 0 aliphatic carbocycles. The SMILES string of the molecule is CCCCCCc1ccc(NC(=O)[C@H](C)NC)cc1. The fraction of sp³-hybridized carbons (Fsp3) is 0.562. The molecule has 3 nitrogen and oxygen atoms in total. The maximum absolute atomic E-state index is 11.7. The third-order valence-electron chi connectivity index (χ3n) is 3.37. The molecule has 0 aromatic heterocycles. The van der Waals surface area contributed by atoms with Crippen molar-refractivity contribution >= 4 is 11.6 Å². The van der Waals surface area contributed by atoms with Crippen LogP contribution < -0.4 is 10.6 Å². The number of anilines is 1. The minimum atomic E-state index is -0.172. The first-order valence-corrected chi connectivity index (χ1v) is 7.24. The van der Waals surface area contributed by atoms with Gasteiger partial charge in [-0.05, 0) is 44.5 Å². The Morgan fingerprint density at radius 2 is 1.84 bits per heavy atom. The topological polar surface area (TPSA) is 41.1 Å². The van der Waals surface area contributed by atoms with Gasteiger partial charge in [0.2, 0.25) is 5.91 Å². The molecular formula is C16H26N2O. The van der Waals surface area contributed by atoms with Crippen LogP contribution >= 0.6 is 0 Å². The molecule has 0 fully saturated rings. The lowest BCUT2D eigenvalue weighted by Gasteiger charge is -2.11. The normalized spacial score (nSPS) is 12.2. The Kier molecular flexibility index (Phi) is 7.19. The molecule has 0 radical (unpaired) electrons. The molecule has 0 saturated carbocycles. The average molecular weight is 262 g/mol. The summed E-state index contributed by atoms with van der Waals surface area (Å²) >= 11 is 0. The van der Waals surface area contributed by atoms with E-state index in [-0.39, 0.29) is 11.9 Å². The predicted octanol–water partition coefficient (Wildman–Crippen LogP) is 3.36. The van der Waals surface area contributed by atoms with Gasteiger partial charge in [-0.3, -0.25) is 4.79 Å². The lowest BCUT2D eigenvalue weighted by atomic mass is 10.1. The van der Waals surface area contributed by atoms with Crippen LogP contribution in [0.3, 0.4) is 0 Å². The first kappa shape index (κ1) is 15.7. The summed E-state index contributed by atoms with van der Waals surface area (Å²) in [6, 6.07) is 8.00. The van der Waals surface area contributed by atoms with Crippen molar-refractivity contribution in [1.29, 1.82) is 0 Å². The number of aryl methyl sites for hydroxylation is 1. The Labute approximate surface area is 116 Å². The van der Waals surface area contributed by atoms with E-state index in [9.17, 15) is 4.79 Å². The van der Waals surface area contributed by atoms with E-state index in [1.165, 1.54) is 31.2 Å². The van der Waals surface area contributed by atoms with Gasteiger partial charge in [-0.2, -0.15) is 0 Å². The molecule has 1 aromatic carbocycles. The minimum absolute atomic E-state index is 0.00167. The van der Waals surface area contributed by atoms with Gasteiger partial charge in [-0.25, -0.2) is 0 Å². The monoisotopic (exact) mass is 262 g/mol. The molecule has 1 amide bonds. The van der Waals surface area contributed by atoms with Gasteiger partial charge in [0.05, 0.1) is 6.04 Å². The first-order chi connectivity index (χ1) is 9.17. The summed E-state index contributed by atoms with van der Waals surface area (Å²) in [4.78, 5) is 11.7. The Balaban J connectivity index is 2.41. The zero-order chi connectivity index (χ0) is 14.1. The second-order valence-electron chi connectivity index (χ2n) is 5.01. The first-order valence-electron chi connectivity index (χ1n) is 7.24. The van der Waals surface area contributed by atoms with Crippen molar-refractivity contribution < 1.29 is 4.79 Å². The highest BCUT2D eigenvalue weighted by atomic mass is 16.2. The molecule has 1 atom stereocenters. The van der Waals surface area contributed by atoms with Crippen LogP contribution in [0.2, 0.25) is 0 Å². The largest absolute Gasteiger partial charge is 0.325 e. The van der Waals surface area contributed by atoms with Gasteiger partial charge in [0, 0.05) is 5.69 Å².